The first-order chi connectivity index (χ1) is 11.6. The third-order valence-corrected chi connectivity index (χ3v) is 3.73. The van der Waals surface area contributed by atoms with Crippen LogP contribution in [0.5, 0.6) is 5.75 Å². The molecule has 0 aliphatic heterocycles. The van der Waals surface area contributed by atoms with Gasteiger partial charge in [0, 0.05) is 17.6 Å². The summed E-state index contributed by atoms with van der Waals surface area (Å²) < 4.78 is 6.39. The van der Waals surface area contributed by atoms with E-state index in [0.29, 0.717) is 28.8 Å². The molecule has 0 aliphatic carbocycles. The largest absolute Gasteiger partial charge is 0.497 e. The molecule has 0 fully saturated rings. The summed E-state index contributed by atoms with van der Waals surface area (Å²) in [4.78, 5) is 25.0. The van der Waals surface area contributed by atoms with Gasteiger partial charge in [-0.15, -0.1) is 0 Å². The van der Waals surface area contributed by atoms with Gasteiger partial charge in [0.2, 0.25) is 0 Å². The summed E-state index contributed by atoms with van der Waals surface area (Å²) in [5.41, 5.74) is 0.651. The van der Waals surface area contributed by atoms with Gasteiger partial charge in [0.05, 0.1) is 12.5 Å². The summed E-state index contributed by atoms with van der Waals surface area (Å²) >= 11 is 0. The van der Waals surface area contributed by atoms with Crippen molar-refractivity contribution in [3.8, 4) is 5.75 Å². The maximum absolute atomic E-state index is 12.6. The molecule has 0 saturated carbocycles. The molecule has 1 heterocycles. The SMILES string of the molecule is CCn1nc(C(=O)Nc2ccc(OC)cc2)c2ccccc2c1=O. The van der Waals surface area contributed by atoms with E-state index in [1.54, 1.807) is 55.6 Å². The van der Waals surface area contributed by atoms with Crippen molar-refractivity contribution in [1.82, 2.24) is 9.78 Å². The third-order valence-electron chi connectivity index (χ3n) is 3.73. The van der Waals surface area contributed by atoms with Crippen LogP contribution < -0.4 is 15.6 Å². The molecule has 0 spiro atoms. The summed E-state index contributed by atoms with van der Waals surface area (Å²) in [6.45, 7) is 2.21. The maximum atomic E-state index is 12.6. The van der Waals surface area contributed by atoms with Gasteiger partial charge in [-0.05, 0) is 37.3 Å². The number of ether oxygens (including phenoxy) is 1. The van der Waals surface area contributed by atoms with Crippen LogP contribution in [0.4, 0.5) is 5.69 Å². The van der Waals surface area contributed by atoms with E-state index >= 15 is 0 Å². The highest BCUT2D eigenvalue weighted by Gasteiger charge is 2.16. The number of amides is 1. The molecule has 0 saturated heterocycles. The Morgan fingerprint density at radius 3 is 2.42 bits per heavy atom. The average Bonchev–Trinajstić information content (AvgIpc) is 2.63. The molecule has 6 nitrogen and oxygen atoms in total. The number of nitrogens with one attached hydrogen (secondary N) is 1. The Balaban J connectivity index is 2.02. The van der Waals surface area contributed by atoms with Crippen molar-refractivity contribution in [3.63, 3.8) is 0 Å². The van der Waals surface area contributed by atoms with E-state index in [1.807, 2.05) is 6.92 Å². The zero-order valence-electron chi connectivity index (χ0n) is 13.4. The third kappa shape index (κ3) is 2.86. The number of methoxy groups -OCH3 is 1. The predicted molar refractivity (Wildman–Crippen MR) is 92.6 cm³/mol. The first-order valence-electron chi connectivity index (χ1n) is 7.59. The number of aryl methyl sites for hydroxylation is 1. The Labute approximate surface area is 138 Å². The van der Waals surface area contributed by atoms with Gasteiger partial charge in [0.25, 0.3) is 11.5 Å². The van der Waals surface area contributed by atoms with E-state index in [4.69, 9.17) is 4.74 Å². The van der Waals surface area contributed by atoms with E-state index in [9.17, 15) is 9.59 Å². The number of fused-ring (bicyclic) bond motifs is 1. The molecule has 2 aromatic carbocycles. The van der Waals surface area contributed by atoms with E-state index in [2.05, 4.69) is 10.4 Å². The number of hydrogen-bond donors (Lipinski definition) is 1. The first-order valence-corrected chi connectivity index (χ1v) is 7.59. The molecular weight excluding hydrogens is 306 g/mol. The van der Waals surface area contributed by atoms with Crippen LogP contribution >= 0.6 is 0 Å². The number of carbonyl (C=O) groups excluding carboxylic acids is 1. The smallest absolute Gasteiger partial charge is 0.276 e. The minimum absolute atomic E-state index is 0.200. The van der Waals surface area contributed by atoms with E-state index < -0.39 is 0 Å². The summed E-state index contributed by atoms with van der Waals surface area (Å²) in [6, 6.07) is 14.0. The Bertz CT molecular complexity index is 946. The quantitative estimate of drug-likeness (QED) is 0.801. The molecule has 1 amide bonds. The topological polar surface area (TPSA) is 73.2 Å². The highest BCUT2D eigenvalue weighted by atomic mass is 16.5. The Morgan fingerprint density at radius 1 is 1.12 bits per heavy atom. The molecule has 0 radical (unpaired) electrons. The van der Waals surface area contributed by atoms with Crippen molar-refractivity contribution in [2.45, 2.75) is 13.5 Å². The van der Waals surface area contributed by atoms with Crippen LogP contribution in [0.3, 0.4) is 0 Å². The second-order valence-corrected chi connectivity index (χ2v) is 5.20. The zero-order chi connectivity index (χ0) is 17.1. The molecule has 3 rings (SSSR count). The standard InChI is InChI=1S/C18H17N3O3/c1-3-21-18(23)15-7-5-4-6-14(15)16(20-21)17(22)19-12-8-10-13(24-2)11-9-12/h4-11H,3H2,1-2H3,(H,19,22). The lowest BCUT2D eigenvalue weighted by Gasteiger charge is -2.10. The molecule has 24 heavy (non-hydrogen) atoms. The summed E-state index contributed by atoms with van der Waals surface area (Å²) in [5, 5.41) is 8.04. The van der Waals surface area contributed by atoms with Gasteiger partial charge < -0.3 is 10.1 Å². The number of nitrogens with zero attached hydrogens (tertiary/aromatic N) is 2. The molecule has 1 N–H and O–H groups in total. The summed E-state index contributed by atoms with van der Waals surface area (Å²) in [5.74, 6) is 0.342. The number of anilines is 1. The van der Waals surface area contributed by atoms with Gasteiger partial charge in [-0.3, -0.25) is 9.59 Å². The maximum Gasteiger partial charge on any atom is 0.276 e. The van der Waals surface area contributed by atoms with Crippen molar-refractivity contribution in [3.05, 3.63) is 64.6 Å². The van der Waals surface area contributed by atoms with Crippen LogP contribution in [0.25, 0.3) is 10.8 Å². The minimum atomic E-state index is -0.362. The van der Waals surface area contributed by atoms with Crippen molar-refractivity contribution in [1.29, 1.82) is 0 Å². The van der Waals surface area contributed by atoms with Crippen molar-refractivity contribution in [2.24, 2.45) is 0 Å². The van der Waals surface area contributed by atoms with Gasteiger partial charge in [0.15, 0.2) is 5.69 Å². The number of hydrogen-bond acceptors (Lipinski definition) is 4. The average molecular weight is 323 g/mol. The molecular formula is C18H17N3O3. The van der Waals surface area contributed by atoms with Crippen LogP contribution in [0.2, 0.25) is 0 Å². The normalized spacial score (nSPS) is 10.6. The lowest BCUT2D eigenvalue weighted by atomic mass is 10.1. The monoisotopic (exact) mass is 323 g/mol. The Hall–Kier alpha value is -3.15. The predicted octanol–water partition coefficient (Wildman–Crippen LogP) is 2.68. The van der Waals surface area contributed by atoms with Gasteiger partial charge in [-0.2, -0.15) is 5.10 Å². The van der Waals surface area contributed by atoms with Crippen LogP contribution in [-0.2, 0) is 6.54 Å². The van der Waals surface area contributed by atoms with Crippen LogP contribution in [0, 0.1) is 0 Å². The molecule has 0 aliphatic rings. The van der Waals surface area contributed by atoms with Crippen molar-refractivity contribution < 1.29 is 9.53 Å². The van der Waals surface area contributed by atoms with Gasteiger partial charge in [-0.1, -0.05) is 18.2 Å². The van der Waals surface area contributed by atoms with E-state index in [0.717, 1.165) is 0 Å². The molecule has 0 bridgehead atoms. The Kier molecular flexibility index (Phi) is 4.29. The molecule has 0 unspecified atom stereocenters. The molecule has 6 heteroatoms. The minimum Gasteiger partial charge on any atom is -0.497 e. The van der Waals surface area contributed by atoms with Crippen molar-refractivity contribution >= 4 is 22.4 Å². The highest BCUT2D eigenvalue weighted by Crippen LogP contribution is 2.18. The molecule has 0 atom stereocenters. The fourth-order valence-electron chi connectivity index (χ4n) is 2.48. The second-order valence-electron chi connectivity index (χ2n) is 5.20. The fraction of sp³-hybridized carbons (Fsp3) is 0.167. The number of aromatic nitrogens is 2. The first kappa shape index (κ1) is 15.7. The van der Waals surface area contributed by atoms with Crippen molar-refractivity contribution in [2.75, 3.05) is 12.4 Å². The molecule has 122 valence electrons. The van der Waals surface area contributed by atoms with Crippen LogP contribution in [-0.4, -0.2) is 22.8 Å². The lowest BCUT2D eigenvalue weighted by Crippen LogP contribution is -2.27. The van der Waals surface area contributed by atoms with Gasteiger partial charge in [-0.25, -0.2) is 4.68 Å². The van der Waals surface area contributed by atoms with Crippen LogP contribution in [0.1, 0.15) is 17.4 Å². The van der Waals surface area contributed by atoms with Gasteiger partial charge >= 0.3 is 0 Å². The fourth-order valence-corrected chi connectivity index (χ4v) is 2.48. The number of carbonyl (C=O) groups is 1. The number of rotatable bonds is 4. The zero-order valence-corrected chi connectivity index (χ0v) is 13.4. The molecule has 3 aromatic rings. The van der Waals surface area contributed by atoms with Crippen LogP contribution in [0.15, 0.2) is 53.3 Å². The second kappa shape index (κ2) is 6.54. The number of benzene rings is 2. The lowest BCUT2D eigenvalue weighted by molar-refractivity contribution is 0.102. The molecule has 1 aromatic heterocycles. The Morgan fingerprint density at radius 2 is 1.79 bits per heavy atom. The summed E-state index contributed by atoms with van der Waals surface area (Å²) in [6.07, 6.45) is 0. The van der Waals surface area contributed by atoms with E-state index in [-0.39, 0.29) is 17.2 Å². The van der Waals surface area contributed by atoms with E-state index in [1.165, 1.54) is 4.68 Å². The highest BCUT2D eigenvalue weighted by molar-refractivity contribution is 6.11. The van der Waals surface area contributed by atoms with Gasteiger partial charge in [0.1, 0.15) is 5.75 Å². The summed E-state index contributed by atoms with van der Waals surface area (Å²) in [7, 11) is 1.58.